The van der Waals surface area contributed by atoms with Crippen molar-refractivity contribution in [1.29, 1.82) is 0 Å². The number of aromatic nitrogens is 1. The molecule has 2 aromatic carbocycles. The fourth-order valence-corrected chi connectivity index (χ4v) is 4.53. The van der Waals surface area contributed by atoms with Gasteiger partial charge in [0.1, 0.15) is 0 Å². The third-order valence-corrected chi connectivity index (χ3v) is 5.92. The number of hydrogen-bond donors (Lipinski definition) is 0. The summed E-state index contributed by atoms with van der Waals surface area (Å²) in [6.45, 7) is 4.21. The van der Waals surface area contributed by atoms with Gasteiger partial charge in [-0.3, -0.25) is 0 Å². The van der Waals surface area contributed by atoms with Crippen molar-refractivity contribution in [3.05, 3.63) is 71.0 Å². The minimum absolute atomic E-state index is 0.115. The van der Waals surface area contributed by atoms with Crippen molar-refractivity contribution in [2.75, 3.05) is 0 Å². The molecule has 3 rings (SSSR count). The molecule has 23 heavy (non-hydrogen) atoms. The van der Waals surface area contributed by atoms with Crippen LogP contribution in [-0.2, 0) is 16.6 Å². The van der Waals surface area contributed by atoms with E-state index >= 15 is 0 Å². The van der Waals surface area contributed by atoms with Gasteiger partial charge in [0.05, 0.1) is 15.1 Å². The maximum Gasteiger partial charge on any atom is 0.285 e. The Kier molecular flexibility index (Phi) is 4.39. The lowest BCUT2D eigenvalue weighted by atomic mass is 10.3. The highest BCUT2D eigenvalue weighted by Crippen LogP contribution is 2.19. The van der Waals surface area contributed by atoms with Crippen LogP contribution in [0.15, 0.2) is 70.5 Å². The second kappa shape index (κ2) is 6.31. The van der Waals surface area contributed by atoms with Crippen molar-refractivity contribution in [3.8, 4) is 0 Å². The summed E-state index contributed by atoms with van der Waals surface area (Å²) < 4.78 is 31.8. The van der Waals surface area contributed by atoms with Crippen molar-refractivity contribution < 1.29 is 8.42 Å². The molecule has 0 atom stereocenters. The van der Waals surface area contributed by atoms with Gasteiger partial charge in [0.25, 0.3) is 10.0 Å². The lowest BCUT2D eigenvalue weighted by Crippen LogP contribution is -2.16. The third kappa shape index (κ3) is 3.24. The zero-order valence-corrected chi connectivity index (χ0v) is 14.4. The molecule has 7 heteroatoms. The summed E-state index contributed by atoms with van der Waals surface area (Å²) in [4.78, 5) is 0.533. The van der Waals surface area contributed by atoms with E-state index in [0.717, 1.165) is 10.2 Å². The highest BCUT2D eigenvalue weighted by molar-refractivity contribution is 7.90. The van der Waals surface area contributed by atoms with Crippen LogP contribution in [0.3, 0.4) is 0 Å². The maximum atomic E-state index is 12.5. The normalized spacial score (nSPS) is 12.7. The van der Waals surface area contributed by atoms with E-state index in [4.69, 9.17) is 11.6 Å². The predicted octanol–water partition coefficient (Wildman–Crippen LogP) is 3.83. The number of halogens is 1. The lowest BCUT2D eigenvalue weighted by molar-refractivity contribution is 0.596. The fraction of sp³-hybridized carbons (Fsp3) is 0.0625. The number of rotatable bonds is 4. The smallest absolute Gasteiger partial charge is 0.285 e. The summed E-state index contributed by atoms with van der Waals surface area (Å²) >= 11 is 7.14. The molecule has 1 aromatic heterocycles. The number of sulfonamides is 1. The zero-order valence-electron chi connectivity index (χ0n) is 12.0. The second-order valence-corrected chi connectivity index (χ2v) is 7.82. The molecule has 0 N–H and O–H groups in total. The van der Waals surface area contributed by atoms with Gasteiger partial charge in [0, 0.05) is 11.6 Å². The Morgan fingerprint density at radius 1 is 1.17 bits per heavy atom. The quantitative estimate of drug-likeness (QED) is 0.660. The van der Waals surface area contributed by atoms with E-state index < -0.39 is 10.0 Å². The first-order valence-electron chi connectivity index (χ1n) is 6.77. The van der Waals surface area contributed by atoms with Gasteiger partial charge in [0.2, 0.25) is 4.80 Å². The number of nitrogens with zero attached hydrogens (tertiary/aromatic N) is 2. The van der Waals surface area contributed by atoms with E-state index in [-0.39, 0.29) is 4.90 Å². The first-order valence-corrected chi connectivity index (χ1v) is 9.40. The molecular formula is C16H13ClN2O2S2. The molecule has 0 unspecified atom stereocenters. The van der Waals surface area contributed by atoms with Gasteiger partial charge >= 0.3 is 0 Å². The van der Waals surface area contributed by atoms with E-state index in [1.807, 2.05) is 28.8 Å². The molecule has 0 saturated heterocycles. The standard InChI is InChI=1S/C16H13ClN2O2S2/c1-2-11-19-14-5-3-4-6-15(14)22-16(19)18-23(20,21)13-9-7-12(17)8-10-13/h2-10H,1,11H2. The van der Waals surface area contributed by atoms with Gasteiger partial charge in [-0.15, -0.1) is 11.0 Å². The molecule has 0 fully saturated rings. The Balaban J connectivity index is 2.22. The van der Waals surface area contributed by atoms with Crippen molar-refractivity contribution in [2.45, 2.75) is 11.4 Å². The molecule has 0 bridgehead atoms. The summed E-state index contributed by atoms with van der Waals surface area (Å²) in [6, 6.07) is 13.7. The van der Waals surface area contributed by atoms with Crippen LogP contribution in [-0.4, -0.2) is 13.0 Å². The molecule has 0 amide bonds. The van der Waals surface area contributed by atoms with Crippen LogP contribution in [0.25, 0.3) is 10.2 Å². The van der Waals surface area contributed by atoms with E-state index in [1.165, 1.54) is 35.6 Å². The average Bonchev–Trinajstić information content (AvgIpc) is 2.85. The SMILES string of the molecule is C=CCn1c(=NS(=O)(=O)c2ccc(Cl)cc2)sc2ccccc21. The highest BCUT2D eigenvalue weighted by atomic mass is 35.5. The Bertz CT molecular complexity index is 1030. The molecule has 3 aromatic rings. The Morgan fingerprint density at radius 3 is 2.57 bits per heavy atom. The third-order valence-electron chi connectivity index (χ3n) is 3.21. The molecule has 0 spiro atoms. The van der Waals surface area contributed by atoms with Crippen LogP contribution in [0.1, 0.15) is 0 Å². The topological polar surface area (TPSA) is 51.4 Å². The molecule has 0 aliphatic rings. The van der Waals surface area contributed by atoms with Crippen LogP contribution in [0.2, 0.25) is 5.02 Å². The Labute approximate surface area is 143 Å². The number of para-hydroxylation sites is 1. The van der Waals surface area contributed by atoms with Gasteiger partial charge in [0.15, 0.2) is 0 Å². The van der Waals surface area contributed by atoms with Crippen LogP contribution < -0.4 is 4.80 Å². The molecule has 0 aliphatic carbocycles. The van der Waals surface area contributed by atoms with E-state index in [1.54, 1.807) is 6.08 Å². The van der Waals surface area contributed by atoms with Gasteiger partial charge in [-0.25, -0.2) is 0 Å². The molecule has 1 heterocycles. The number of fused-ring (bicyclic) bond motifs is 1. The minimum atomic E-state index is -3.80. The van der Waals surface area contributed by atoms with E-state index in [9.17, 15) is 8.42 Å². The number of benzene rings is 2. The summed E-state index contributed by atoms with van der Waals surface area (Å²) in [5.41, 5.74) is 0.933. The van der Waals surface area contributed by atoms with Crippen LogP contribution >= 0.6 is 22.9 Å². The van der Waals surface area contributed by atoms with Crippen molar-refractivity contribution in [3.63, 3.8) is 0 Å². The van der Waals surface area contributed by atoms with Crippen LogP contribution in [0, 0.1) is 0 Å². The summed E-state index contributed by atoms with van der Waals surface area (Å²) in [5.74, 6) is 0. The highest BCUT2D eigenvalue weighted by Gasteiger charge is 2.14. The zero-order chi connectivity index (χ0) is 16.4. The Hall–Kier alpha value is -1.89. The van der Waals surface area contributed by atoms with Gasteiger partial charge < -0.3 is 4.57 Å². The molecule has 4 nitrogen and oxygen atoms in total. The van der Waals surface area contributed by atoms with Crippen LogP contribution in [0.5, 0.6) is 0 Å². The maximum absolute atomic E-state index is 12.5. The average molecular weight is 365 g/mol. The molecular weight excluding hydrogens is 352 g/mol. The van der Waals surface area contributed by atoms with Crippen molar-refractivity contribution in [2.24, 2.45) is 4.40 Å². The van der Waals surface area contributed by atoms with Crippen LogP contribution in [0.4, 0.5) is 0 Å². The first kappa shape index (κ1) is 16.0. The lowest BCUT2D eigenvalue weighted by Gasteiger charge is -2.01. The van der Waals surface area contributed by atoms with Gasteiger partial charge in [-0.1, -0.05) is 41.1 Å². The molecule has 0 aliphatic heterocycles. The summed E-state index contributed by atoms with van der Waals surface area (Å²) in [5, 5.41) is 0.479. The molecule has 118 valence electrons. The Morgan fingerprint density at radius 2 is 1.87 bits per heavy atom. The largest absolute Gasteiger partial charge is 0.312 e. The van der Waals surface area contributed by atoms with Gasteiger partial charge in [-0.2, -0.15) is 8.42 Å². The van der Waals surface area contributed by atoms with Crippen molar-refractivity contribution >= 4 is 43.2 Å². The summed E-state index contributed by atoms with van der Waals surface area (Å²) in [6.07, 6.45) is 1.72. The van der Waals surface area contributed by atoms with Crippen molar-refractivity contribution in [1.82, 2.24) is 4.57 Å². The van der Waals surface area contributed by atoms with E-state index in [0.29, 0.717) is 16.4 Å². The van der Waals surface area contributed by atoms with Gasteiger partial charge in [-0.05, 0) is 36.4 Å². The molecule has 0 radical (unpaired) electrons. The minimum Gasteiger partial charge on any atom is -0.312 e. The first-order chi connectivity index (χ1) is 11.0. The fourth-order valence-electron chi connectivity index (χ4n) is 2.16. The number of thiazole rings is 1. The number of allylic oxidation sites excluding steroid dienone is 1. The summed E-state index contributed by atoms with van der Waals surface area (Å²) in [7, 11) is -3.80. The second-order valence-electron chi connectivity index (χ2n) is 4.77. The number of hydrogen-bond acceptors (Lipinski definition) is 3. The predicted molar refractivity (Wildman–Crippen MR) is 94.2 cm³/mol. The van der Waals surface area contributed by atoms with E-state index in [2.05, 4.69) is 11.0 Å². The molecule has 0 saturated carbocycles. The monoisotopic (exact) mass is 364 g/mol.